The average Bonchev–Trinajstić information content (AvgIpc) is 3.99. The van der Waals surface area contributed by atoms with Crippen LogP contribution in [-0.2, 0) is 0 Å². The summed E-state index contributed by atoms with van der Waals surface area (Å²) in [4.78, 5) is 23.1. The minimum Gasteiger partial charge on any atom is -0.309 e. The molecular weight excluding hydrogens is 905 g/mol. The molecule has 0 radical (unpaired) electrons. The van der Waals surface area contributed by atoms with Crippen LogP contribution in [0.5, 0.6) is 0 Å². The molecule has 0 aliphatic rings. The Hall–Kier alpha value is -10.7. The number of nitrogens with zero attached hydrogens (tertiary/aromatic N) is 8. The molecule has 342 valence electrons. The summed E-state index contributed by atoms with van der Waals surface area (Å²) in [5.41, 5.74) is 15.7. The largest absolute Gasteiger partial charge is 0.309 e. The summed E-state index contributed by atoms with van der Waals surface area (Å²) in [6.07, 6.45) is 0. The molecule has 3 heterocycles. The van der Waals surface area contributed by atoms with Gasteiger partial charge in [-0.15, -0.1) is 0 Å². The third kappa shape index (κ3) is 7.42. The Morgan fingerprint density at radius 1 is 0.338 bits per heavy atom. The molecule has 0 fully saturated rings. The molecule has 0 saturated carbocycles. The fourth-order valence-corrected chi connectivity index (χ4v) is 10.4. The lowest BCUT2D eigenvalue weighted by Crippen LogP contribution is -2.04. The summed E-state index contributed by atoms with van der Waals surface area (Å²) in [5.74, 6) is 1.64. The van der Waals surface area contributed by atoms with Crippen LogP contribution in [0, 0.1) is 24.5 Å². The summed E-state index contributed by atoms with van der Waals surface area (Å²) in [6.45, 7) is 16.1. The van der Waals surface area contributed by atoms with Gasteiger partial charge in [0.05, 0.1) is 58.2 Å². The number of para-hydroxylation sites is 2. The maximum atomic E-state index is 9.75. The molecule has 0 aliphatic heterocycles. The zero-order valence-corrected chi connectivity index (χ0v) is 39.5. The number of rotatable bonds is 8. The van der Waals surface area contributed by atoms with Crippen LogP contribution >= 0.6 is 0 Å². The van der Waals surface area contributed by atoms with Gasteiger partial charge < -0.3 is 9.13 Å². The molecule has 0 spiro atoms. The fraction of sp³-hybridized carbons (Fsp3) is 0. The van der Waals surface area contributed by atoms with Crippen LogP contribution < -0.4 is 0 Å². The molecule has 74 heavy (non-hydrogen) atoms. The van der Waals surface area contributed by atoms with Crippen molar-refractivity contribution in [1.82, 2.24) is 24.1 Å². The van der Waals surface area contributed by atoms with Crippen molar-refractivity contribution in [3.63, 3.8) is 0 Å². The highest BCUT2D eigenvalue weighted by Crippen LogP contribution is 2.44. The van der Waals surface area contributed by atoms with Crippen molar-refractivity contribution in [3.05, 3.63) is 259 Å². The molecule has 0 atom stereocenters. The Kier molecular flexibility index (Phi) is 10.5. The van der Waals surface area contributed by atoms with Gasteiger partial charge >= 0.3 is 0 Å². The van der Waals surface area contributed by atoms with Gasteiger partial charge in [0.15, 0.2) is 28.8 Å². The van der Waals surface area contributed by atoms with Gasteiger partial charge in [-0.1, -0.05) is 158 Å². The van der Waals surface area contributed by atoms with Crippen molar-refractivity contribution in [1.29, 1.82) is 5.26 Å². The van der Waals surface area contributed by atoms with E-state index >= 15 is 0 Å². The molecule has 10 aromatic carbocycles. The molecule has 0 unspecified atom stereocenters. The maximum Gasteiger partial charge on any atom is 0.188 e. The van der Waals surface area contributed by atoms with Gasteiger partial charge in [-0.25, -0.2) is 24.6 Å². The van der Waals surface area contributed by atoms with Crippen molar-refractivity contribution in [3.8, 4) is 85.0 Å². The number of benzene rings is 10. The quantitative estimate of drug-likeness (QED) is 0.142. The standard InChI is InChI=1S/C66H38N8/c1-68-50-22-14-21-46(36-50)48-29-33-61-56(38-48)53-24-10-12-26-59(53)74(61)63-39-49(66-71-64(43-16-5-3-6-17-43)70-65(72-66)44-18-7-4-8-19-44)27-31-54(63)57-40-51(69-2)30-34-62(57)73-58-25-11-9-23-52(58)55-37-47(28-32-60(55)73)45-20-13-15-42(35-45)41-67/h3-40H. The van der Waals surface area contributed by atoms with Crippen molar-refractivity contribution in [2.24, 2.45) is 0 Å². The number of nitriles is 1. The first-order valence-electron chi connectivity index (χ1n) is 24.1. The van der Waals surface area contributed by atoms with E-state index in [1.165, 1.54) is 0 Å². The van der Waals surface area contributed by atoms with E-state index < -0.39 is 0 Å². The van der Waals surface area contributed by atoms with E-state index in [9.17, 15) is 5.26 Å². The summed E-state index contributed by atoms with van der Waals surface area (Å²) in [6, 6.07) is 80.0. The number of aromatic nitrogens is 5. The zero-order valence-electron chi connectivity index (χ0n) is 39.5. The first-order chi connectivity index (χ1) is 36.5. The van der Waals surface area contributed by atoms with Crippen LogP contribution in [0.15, 0.2) is 231 Å². The van der Waals surface area contributed by atoms with Gasteiger partial charge in [0.25, 0.3) is 0 Å². The third-order valence-electron chi connectivity index (χ3n) is 13.8. The van der Waals surface area contributed by atoms with Crippen LogP contribution in [0.25, 0.3) is 132 Å². The summed E-state index contributed by atoms with van der Waals surface area (Å²) in [7, 11) is 0. The van der Waals surface area contributed by atoms with Gasteiger partial charge in [0, 0.05) is 43.8 Å². The lowest BCUT2D eigenvalue weighted by Gasteiger charge is -2.20. The van der Waals surface area contributed by atoms with Crippen LogP contribution in [0.3, 0.4) is 0 Å². The van der Waals surface area contributed by atoms with Crippen molar-refractivity contribution in [2.75, 3.05) is 0 Å². The molecule has 0 N–H and O–H groups in total. The summed E-state index contributed by atoms with van der Waals surface area (Å²) in [5, 5.41) is 14.0. The van der Waals surface area contributed by atoms with Crippen LogP contribution in [0.2, 0.25) is 0 Å². The lowest BCUT2D eigenvalue weighted by atomic mass is 9.97. The molecule has 0 aliphatic carbocycles. The van der Waals surface area contributed by atoms with Gasteiger partial charge in [-0.05, 0) is 101 Å². The van der Waals surface area contributed by atoms with Gasteiger partial charge in [-0.2, -0.15) is 5.26 Å². The number of hydrogen-bond donors (Lipinski definition) is 0. The molecular formula is C66H38N8. The Bertz CT molecular complexity index is 4470. The second kappa shape index (κ2) is 17.9. The Balaban J connectivity index is 1.10. The minimum atomic E-state index is 0.505. The second-order valence-electron chi connectivity index (χ2n) is 18.1. The van der Waals surface area contributed by atoms with Crippen LogP contribution in [-0.4, -0.2) is 24.1 Å². The second-order valence-corrected chi connectivity index (χ2v) is 18.1. The Morgan fingerprint density at radius 3 is 1.41 bits per heavy atom. The summed E-state index contributed by atoms with van der Waals surface area (Å²) < 4.78 is 4.63. The van der Waals surface area contributed by atoms with Gasteiger partial charge in [0.2, 0.25) is 0 Å². The number of fused-ring (bicyclic) bond motifs is 6. The molecule has 13 aromatic rings. The van der Waals surface area contributed by atoms with E-state index in [1.54, 1.807) is 0 Å². The highest BCUT2D eigenvalue weighted by molar-refractivity contribution is 6.13. The summed E-state index contributed by atoms with van der Waals surface area (Å²) >= 11 is 0. The molecule has 0 amide bonds. The minimum absolute atomic E-state index is 0.505. The molecule has 13 rings (SSSR count). The predicted octanol–water partition coefficient (Wildman–Crippen LogP) is 17.0. The molecule has 8 heteroatoms. The van der Waals surface area contributed by atoms with E-state index in [0.717, 1.165) is 105 Å². The molecule has 8 nitrogen and oxygen atoms in total. The normalized spacial score (nSPS) is 11.2. The maximum absolute atomic E-state index is 9.75. The third-order valence-corrected chi connectivity index (χ3v) is 13.8. The smallest absolute Gasteiger partial charge is 0.188 e. The van der Waals surface area contributed by atoms with E-state index in [4.69, 9.17) is 28.1 Å². The van der Waals surface area contributed by atoms with Crippen molar-refractivity contribution >= 4 is 55.0 Å². The lowest BCUT2D eigenvalue weighted by molar-refractivity contribution is 1.07. The van der Waals surface area contributed by atoms with E-state index in [1.807, 2.05) is 121 Å². The molecule has 0 saturated heterocycles. The van der Waals surface area contributed by atoms with Crippen molar-refractivity contribution < 1.29 is 0 Å². The predicted molar refractivity (Wildman–Crippen MR) is 298 cm³/mol. The van der Waals surface area contributed by atoms with Crippen LogP contribution in [0.4, 0.5) is 11.4 Å². The molecule has 0 bridgehead atoms. The zero-order chi connectivity index (χ0) is 49.7. The topological polar surface area (TPSA) is 81.0 Å². The fourth-order valence-electron chi connectivity index (χ4n) is 10.4. The van der Waals surface area contributed by atoms with Crippen LogP contribution in [0.1, 0.15) is 5.56 Å². The monoisotopic (exact) mass is 942 g/mol. The average molecular weight is 943 g/mol. The first kappa shape index (κ1) is 43.3. The first-order valence-corrected chi connectivity index (χ1v) is 24.1. The Morgan fingerprint density at radius 2 is 0.811 bits per heavy atom. The number of hydrogen-bond acceptors (Lipinski definition) is 4. The van der Waals surface area contributed by atoms with E-state index in [-0.39, 0.29) is 0 Å². The van der Waals surface area contributed by atoms with E-state index in [0.29, 0.717) is 34.4 Å². The Labute approximate surface area is 426 Å². The highest BCUT2D eigenvalue weighted by atomic mass is 15.0. The highest BCUT2D eigenvalue weighted by Gasteiger charge is 2.23. The van der Waals surface area contributed by atoms with Gasteiger partial charge in [0.1, 0.15) is 0 Å². The van der Waals surface area contributed by atoms with Gasteiger partial charge in [-0.3, -0.25) is 0 Å². The molecule has 3 aromatic heterocycles. The van der Waals surface area contributed by atoms with E-state index in [2.05, 4.69) is 134 Å². The van der Waals surface area contributed by atoms with Crippen molar-refractivity contribution in [2.45, 2.75) is 0 Å². The SMILES string of the molecule is [C-]#[N+]c1cccc(-c2ccc3c(c2)c2ccccc2n3-c2cc(-c3nc(-c4ccccc4)nc(-c4ccccc4)n3)ccc2-c2cc([N+]#[C-])ccc2-n2c3ccccc3c3cc(-c4cccc(C#N)c4)ccc32)c1.